The first kappa shape index (κ1) is 16.8. The van der Waals surface area contributed by atoms with Gasteiger partial charge in [-0.3, -0.25) is 0 Å². The molecule has 0 N–H and O–H groups in total. The molecule has 19 heavy (non-hydrogen) atoms. The third-order valence-corrected chi connectivity index (χ3v) is 4.99. The first-order chi connectivity index (χ1) is 9.21. The Balaban J connectivity index is 2.23. The van der Waals surface area contributed by atoms with Crippen molar-refractivity contribution < 1.29 is 9.53 Å². The molecule has 1 atom stereocenters. The molecule has 1 saturated heterocycles. The molecule has 1 aliphatic rings. The van der Waals surface area contributed by atoms with Crippen molar-refractivity contribution in [2.24, 2.45) is 11.8 Å². The summed E-state index contributed by atoms with van der Waals surface area (Å²) >= 11 is 3.52. The molecule has 1 amide bonds. The standard InChI is InChI=1S/C15H28BrNO2/c1-3-5-6-13(4-2)12-19-15(18)17-9-7-14(11-16)8-10-17/h13-14H,3-12H2,1-2H3. The van der Waals surface area contributed by atoms with E-state index in [4.69, 9.17) is 4.74 Å². The molecular weight excluding hydrogens is 306 g/mol. The largest absolute Gasteiger partial charge is 0.449 e. The van der Waals surface area contributed by atoms with E-state index in [9.17, 15) is 4.79 Å². The predicted molar refractivity (Wildman–Crippen MR) is 82.7 cm³/mol. The normalized spacial score (nSPS) is 18.4. The molecule has 112 valence electrons. The minimum absolute atomic E-state index is 0.108. The zero-order valence-electron chi connectivity index (χ0n) is 12.4. The van der Waals surface area contributed by atoms with Crippen LogP contribution < -0.4 is 0 Å². The van der Waals surface area contributed by atoms with Gasteiger partial charge in [0, 0.05) is 18.4 Å². The van der Waals surface area contributed by atoms with E-state index in [1.165, 1.54) is 19.3 Å². The maximum absolute atomic E-state index is 12.0. The van der Waals surface area contributed by atoms with Crippen molar-refractivity contribution >= 4 is 22.0 Å². The van der Waals surface area contributed by atoms with Crippen molar-refractivity contribution in [1.29, 1.82) is 0 Å². The fraction of sp³-hybridized carbons (Fsp3) is 0.933. The maximum atomic E-state index is 12.0. The van der Waals surface area contributed by atoms with Crippen molar-refractivity contribution in [1.82, 2.24) is 4.90 Å². The summed E-state index contributed by atoms with van der Waals surface area (Å²) in [5.74, 6) is 1.25. The summed E-state index contributed by atoms with van der Waals surface area (Å²) in [7, 11) is 0. The van der Waals surface area contributed by atoms with Crippen LogP contribution >= 0.6 is 15.9 Å². The molecule has 4 heteroatoms. The number of alkyl halides is 1. The van der Waals surface area contributed by atoms with Crippen molar-refractivity contribution in [2.45, 2.75) is 52.4 Å². The van der Waals surface area contributed by atoms with Crippen LogP contribution in [0.2, 0.25) is 0 Å². The van der Waals surface area contributed by atoms with Crippen LogP contribution in [-0.4, -0.2) is 36.0 Å². The van der Waals surface area contributed by atoms with E-state index in [0.717, 1.165) is 43.6 Å². The smallest absolute Gasteiger partial charge is 0.409 e. The molecule has 0 bridgehead atoms. The number of hydrogen-bond donors (Lipinski definition) is 0. The molecule has 1 rings (SSSR count). The van der Waals surface area contributed by atoms with E-state index in [2.05, 4.69) is 29.8 Å². The van der Waals surface area contributed by atoms with Crippen LogP contribution in [0.25, 0.3) is 0 Å². The Kier molecular flexibility index (Phi) is 8.51. The highest BCUT2D eigenvalue weighted by Crippen LogP contribution is 2.20. The Hall–Kier alpha value is -0.250. The Morgan fingerprint density at radius 2 is 2.05 bits per heavy atom. The van der Waals surface area contributed by atoms with E-state index in [-0.39, 0.29) is 6.09 Å². The van der Waals surface area contributed by atoms with Crippen molar-refractivity contribution in [2.75, 3.05) is 25.0 Å². The number of unbranched alkanes of at least 4 members (excludes halogenated alkanes) is 1. The molecule has 0 aliphatic carbocycles. The number of nitrogens with zero attached hydrogens (tertiary/aromatic N) is 1. The number of rotatable bonds is 7. The van der Waals surface area contributed by atoms with Crippen LogP contribution in [0.1, 0.15) is 52.4 Å². The summed E-state index contributed by atoms with van der Waals surface area (Å²) in [5.41, 5.74) is 0. The van der Waals surface area contributed by atoms with Crippen molar-refractivity contribution in [3.05, 3.63) is 0 Å². The number of ether oxygens (including phenoxy) is 1. The number of likely N-dealkylation sites (tertiary alicyclic amines) is 1. The Morgan fingerprint density at radius 3 is 2.58 bits per heavy atom. The second-order valence-electron chi connectivity index (χ2n) is 5.58. The van der Waals surface area contributed by atoms with Crippen LogP contribution in [-0.2, 0) is 4.74 Å². The average Bonchev–Trinajstić information content (AvgIpc) is 2.47. The summed E-state index contributed by atoms with van der Waals surface area (Å²) in [6.07, 6.45) is 6.78. The highest BCUT2D eigenvalue weighted by Gasteiger charge is 2.23. The molecule has 0 saturated carbocycles. The topological polar surface area (TPSA) is 29.5 Å². The van der Waals surface area contributed by atoms with Gasteiger partial charge in [-0.2, -0.15) is 0 Å². The Morgan fingerprint density at radius 1 is 1.37 bits per heavy atom. The molecule has 3 nitrogen and oxygen atoms in total. The number of amides is 1. The molecule has 0 radical (unpaired) electrons. The van der Waals surface area contributed by atoms with Gasteiger partial charge < -0.3 is 9.64 Å². The fourth-order valence-electron chi connectivity index (χ4n) is 2.45. The van der Waals surface area contributed by atoms with Crippen LogP contribution in [0.5, 0.6) is 0 Å². The second-order valence-corrected chi connectivity index (χ2v) is 6.23. The van der Waals surface area contributed by atoms with Gasteiger partial charge in [0.2, 0.25) is 0 Å². The number of piperidine rings is 1. The van der Waals surface area contributed by atoms with Gasteiger partial charge in [0.05, 0.1) is 6.61 Å². The van der Waals surface area contributed by atoms with Gasteiger partial charge in [0.1, 0.15) is 0 Å². The third kappa shape index (κ3) is 6.15. The van der Waals surface area contributed by atoms with Crippen LogP contribution in [0.4, 0.5) is 4.79 Å². The van der Waals surface area contributed by atoms with Gasteiger partial charge in [-0.05, 0) is 31.1 Å². The van der Waals surface area contributed by atoms with Crippen LogP contribution in [0.3, 0.4) is 0 Å². The number of hydrogen-bond acceptors (Lipinski definition) is 2. The number of halogens is 1. The first-order valence-corrected chi connectivity index (χ1v) is 8.81. The zero-order chi connectivity index (χ0) is 14.1. The minimum atomic E-state index is -0.108. The zero-order valence-corrected chi connectivity index (χ0v) is 14.0. The highest BCUT2D eigenvalue weighted by molar-refractivity contribution is 9.09. The van der Waals surface area contributed by atoms with E-state index >= 15 is 0 Å². The van der Waals surface area contributed by atoms with E-state index in [0.29, 0.717) is 12.5 Å². The lowest BCUT2D eigenvalue weighted by Crippen LogP contribution is -2.39. The predicted octanol–water partition coefficient (Wildman–Crippen LogP) is 4.45. The second kappa shape index (κ2) is 9.62. The SMILES string of the molecule is CCCCC(CC)COC(=O)N1CCC(CBr)CC1. The molecule has 1 aliphatic heterocycles. The molecule has 1 heterocycles. The van der Waals surface area contributed by atoms with Crippen molar-refractivity contribution in [3.8, 4) is 0 Å². The van der Waals surface area contributed by atoms with Gasteiger partial charge in [0.15, 0.2) is 0 Å². The molecule has 1 unspecified atom stereocenters. The van der Waals surface area contributed by atoms with Crippen LogP contribution in [0, 0.1) is 11.8 Å². The summed E-state index contributed by atoms with van der Waals surface area (Å²) < 4.78 is 5.48. The molecule has 0 aromatic heterocycles. The highest BCUT2D eigenvalue weighted by atomic mass is 79.9. The monoisotopic (exact) mass is 333 g/mol. The van der Waals surface area contributed by atoms with E-state index in [1.54, 1.807) is 0 Å². The average molecular weight is 334 g/mol. The molecule has 0 aromatic rings. The van der Waals surface area contributed by atoms with Gasteiger partial charge in [-0.25, -0.2) is 4.79 Å². The summed E-state index contributed by atoms with van der Waals surface area (Å²) in [5, 5.41) is 1.05. The lowest BCUT2D eigenvalue weighted by molar-refractivity contribution is 0.0744. The van der Waals surface area contributed by atoms with Gasteiger partial charge >= 0.3 is 6.09 Å². The fourth-order valence-corrected chi connectivity index (χ4v) is 3.10. The van der Waals surface area contributed by atoms with Crippen LogP contribution in [0.15, 0.2) is 0 Å². The van der Waals surface area contributed by atoms with Gasteiger partial charge in [-0.1, -0.05) is 49.0 Å². The van der Waals surface area contributed by atoms with Gasteiger partial charge in [-0.15, -0.1) is 0 Å². The lowest BCUT2D eigenvalue weighted by Gasteiger charge is -2.30. The van der Waals surface area contributed by atoms with Crippen molar-refractivity contribution in [3.63, 3.8) is 0 Å². The Bertz CT molecular complexity index is 253. The summed E-state index contributed by atoms with van der Waals surface area (Å²) in [6, 6.07) is 0. The molecule has 0 spiro atoms. The van der Waals surface area contributed by atoms with Gasteiger partial charge in [0.25, 0.3) is 0 Å². The summed E-state index contributed by atoms with van der Waals surface area (Å²) in [6.45, 7) is 6.66. The van der Waals surface area contributed by atoms with E-state index in [1.807, 2.05) is 4.90 Å². The Labute approximate surface area is 126 Å². The molecular formula is C15H28BrNO2. The summed E-state index contributed by atoms with van der Waals surface area (Å²) in [4.78, 5) is 13.8. The minimum Gasteiger partial charge on any atom is -0.449 e. The molecule has 0 aromatic carbocycles. The molecule has 1 fully saturated rings. The first-order valence-electron chi connectivity index (χ1n) is 7.68. The third-order valence-electron chi connectivity index (χ3n) is 4.08. The quantitative estimate of drug-likeness (QED) is 0.644. The lowest BCUT2D eigenvalue weighted by atomic mass is 9.99. The number of carbonyl (C=O) groups is 1. The maximum Gasteiger partial charge on any atom is 0.409 e. The van der Waals surface area contributed by atoms with E-state index < -0.39 is 0 Å². The number of carbonyl (C=O) groups excluding carboxylic acids is 1.